The summed E-state index contributed by atoms with van der Waals surface area (Å²) in [6.45, 7) is 4.21. The summed E-state index contributed by atoms with van der Waals surface area (Å²) in [6.07, 6.45) is 2.55. The number of nitrogens with one attached hydrogen (secondary N) is 1. The zero-order valence-electron chi connectivity index (χ0n) is 23.8. The van der Waals surface area contributed by atoms with Gasteiger partial charge in [0.2, 0.25) is 0 Å². The van der Waals surface area contributed by atoms with Gasteiger partial charge in [0.15, 0.2) is 28.8 Å². The zero-order valence-corrected chi connectivity index (χ0v) is 25.4. The van der Waals surface area contributed by atoms with Crippen molar-refractivity contribution in [2.75, 3.05) is 35.0 Å². The molecule has 2 aromatic rings. The molecule has 0 radical (unpaired) electrons. The van der Waals surface area contributed by atoms with Gasteiger partial charge in [-0.25, -0.2) is 4.79 Å². The molecule has 0 amide bonds. The molecule has 1 aliphatic carbocycles. The maximum absolute atomic E-state index is 14.0. The summed E-state index contributed by atoms with van der Waals surface area (Å²) >= 11 is 3.58. The van der Waals surface area contributed by atoms with Crippen molar-refractivity contribution in [1.29, 1.82) is 0 Å². The number of halogens is 1. The van der Waals surface area contributed by atoms with Crippen molar-refractivity contribution in [2.24, 2.45) is 0 Å². The molecule has 2 aromatic carbocycles. The number of ether oxygens (including phenoxy) is 5. The van der Waals surface area contributed by atoms with Gasteiger partial charge in [0.25, 0.3) is 0 Å². The Morgan fingerprint density at radius 1 is 0.950 bits per heavy atom. The van der Waals surface area contributed by atoms with Crippen LogP contribution in [0.25, 0.3) is 0 Å². The molecule has 1 N–H and O–H groups in total. The SMILES string of the molecule is CCCCOC(=O)C1=C(C)NC2=C(C(=O)C[C@H](c3ccc(OC)c(OC)c3)C2)[C@H]1c1cc(Br)c(OC)c(OC)c1. The number of unbranched alkanes of at least 4 members (excludes halogenated alkanes) is 1. The lowest BCUT2D eigenvalue weighted by Gasteiger charge is -2.37. The third-order valence-corrected chi connectivity index (χ3v) is 8.04. The van der Waals surface area contributed by atoms with Crippen molar-refractivity contribution in [3.05, 3.63) is 68.5 Å². The Morgan fingerprint density at radius 2 is 1.65 bits per heavy atom. The molecule has 1 aliphatic heterocycles. The molecule has 0 aromatic heterocycles. The largest absolute Gasteiger partial charge is 0.493 e. The summed E-state index contributed by atoms with van der Waals surface area (Å²) in [5, 5.41) is 3.40. The van der Waals surface area contributed by atoms with Crippen LogP contribution >= 0.6 is 15.9 Å². The summed E-state index contributed by atoms with van der Waals surface area (Å²) < 4.78 is 28.3. The summed E-state index contributed by atoms with van der Waals surface area (Å²) in [7, 11) is 6.31. The number of ketones is 1. The molecular formula is C31H36BrNO7. The number of benzene rings is 2. The minimum Gasteiger partial charge on any atom is -0.493 e. The second-order valence-corrected chi connectivity index (χ2v) is 10.7. The van der Waals surface area contributed by atoms with Crippen LogP contribution in [-0.4, -0.2) is 46.8 Å². The fraction of sp³-hybridized carbons (Fsp3) is 0.419. The average molecular weight is 615 g/mol. The molecule has 214 valence electrons. The van der Waals surface area contributed by atoms with Gasteiger partial charge in [0.05, 0.1) is 45.1 Å². The molecule has 0 unspecified atom stereocenters. The number of dihydropyridines is 1. The zero-order chi connectivity index (χ0) is 29.0. The first-order chi connectivity index (χ1) is 19.3. The summed E-state index contributed by atoms with van der Waals surface area (Å²) in [6, 6.07) is 9.45. The van der Waals surface area contributed by atoms with Gasteiger partial charge in [-0.05, 0) is 77.0 Å². The molecule has 2 atom stereocenters. The van der Waals surface area contributed by atoms with Crippen molar-refractivity contribution in [2.45, 2.75) is 51.4 Å². The van der Waals surface area contributed by atoms with Crippen LogP contribution in [0.3, 0.4) is 0 Å². The fourth-order valence-corrected chi connectivity index (χ4v) is 6.10. The van der Waals surface area contributed by atoms with Crippen molar-refractivity contribution in [3.63, 3.8) is 0 Å². The van der Waals surface area contributed by atoms with Gasteiger partial charge < -0.3 is 29.0 Å². The maximum Gasteiger partial charge on any atom is 0.336 e. The fourth-order valence-electron chi connectivity index (χ4n) is 5.48. The Morgan fingerprint density at radius 3 is 2.30 bits per heavy atom. The van der Waals surface area contributed by atoms with Crippen LogP contribution in [0, 0.1) is 0 Å². The third kappa shape index (κ3) is 5.70. The predicted octanol–water partition coefficient (Wildman–Crippen LogP) is 6.19. The van der Waals surface area contributed by atoms with Crippen LogP contribution in [0.15, 0.2) is 57.3 Å². The van der Waals surface area contributed by atoms with E-state index in [0.29, 0.717) is 57.3 Å². The van der Waals surface area contributed by atoms with Crippen LogP contribution in [0.4, 0.5) is 0 Å². The van der Waals surface area contributed by atoms with E-state index in [4.69, 9.17) is 23.7 Å². The van der Waals surface area contributed by atoms with Crippen LogP contribution in [0.2, 0.25) is 0 Å². The number of allylic oxidation sites excluding steroid dienone is 3. The Balaban J connectivity index is 1.81. The van der Waals surface area contributed by atoms with E-state index in [1.165, 1.54) is 0 Å². The number of carbonyl (C=O) groups excluding carboxylic acids is 2. The number of hydrogen-bond donors (Lipinski definition) is 1. The number of hydrogen-bond acceptors (Lipinski definition) is 8. The second-order valence-electron chi connectivity index (χ2n) is 9.86. The highest BCUT2D eigenvalue weighted by Gasteiger charge is 2.42. The van der Waals surface area contributed by atoms with Gasteiger partial charge in [-0.1, -0.05) is 19.4 Å². The smallest absolute Gasteiger partial charge is 0.336 e. The van der Waals surface area contributed by atoms with E-state index in [2.05, 4.69) is 21.2 Å². The van der Waals surface area contributed by atoms with E-state index in [1.54, 1.807) is 28.4 Å². The van der Waals surface area contributed by atoms with Gasteiger partial charge >= 0.3 is 5.97 Å². The monoisotopic (exact) mass is 613 g/mol. The molecule has 0 spiro atoms. The van der Waals surface area contributed by atoms with Gasteiger partial charge in [-0.2, -0.15) is 0 Å². The van der Waals surface area contributed by atoms with E-state index < -0.39 is 11.9 Å². The minimum absolute atomic E-state index is 0.0317. The van der Waals surface area contributed by atoms with Crippen LogP contribution < -0.4 is 24.3 Å². The van der Waals surface area contributed by atoms with E-state index in [9.17, 15) is 9.59 Å². The van der Waals surface area contributed by atoms with E-state index in [-0.39, 0.29) is 18.1 Å². The molecule has 9 heteroatoms. The first-order valence-electron chi connectivity index (χ1n) is 13.3. The summed E-state index contributed by atoms with van der Waals surface area (Å²) in [5.41, 5.74) is 4.18. The Bertz CT molecular complexity index is 1360. The summed E-state index contributed by atoms with van der Waals surface area (Å²) in [5.74, 6) is 1.12. The lowest BCUT2D eigenvalue weighted by Crippen LogP contribution is -2.36. The Hall–Kier alpha value is -3.46. The Labute approximate surface area is 243 Å². The van der Waals surface area contributed by atoms with Crippen LogP contribution in [0.1, 0.15) is 62.5 Å². The molecule has 8 nitrogen and oxygen atoms in total. The maximum atomic E-state index is 14.0. The molecule has 0 fully saturated rings. The van der Waals surface area contributed by atoms with Crippen LogP contribution in [-0.2, 0) is 14.3 Å². The minimum atomic E-state index is -0.625. The number of carbonyl (C=O) groups is 2. The number of rotatable bonds is 10. The third-order valence-electron chi connectivity index (χ3n) is 7.45. The van der Waals surface area contributed by atoms with Crippen molar-refractivity contribution in [1.82, 2.24) is 5.32 Å². The lowest BCUT2D eigenvalue weighted by molar-refractivity contribution is -0.139. The predicted molar refractivity (Wildman–Crippen MR) is 155 cm³/mol. The lowest BCUT2D eigenvalue weighted by atomic mass is 9.71. The molecule has 2 aliphatic rings. The topological polar surface area (TPSA) is 92.3 Å². The summed E-state index contributed by atoms with van der Waals surface area (Å²) in [4.78, 5) is 27.5. The van der Waals surface area contributed by atoms with Crippen molar-refractivity contribution < 1.29 is 33.3 Å². The van der Waals surface area contributed by atoms with E-state index in [0.717, 1.165) is 29.7 Å². The van der Waals surface area contributed by atoms with E-state index >= 15 is 0 Å². The molecule has 4 rings (SSSR count). The van der Waals surface area contributed by atoms with Crippen molar-refractivity contribution >= 4 is 27.7 Å². The van der Waals surface area contributed by atoms with Gasteiger partial charge in [0, 0.05) is 29.3 Å². The molecule has 0 saturated heterocycles. The van der Waals surface area contributed by atoms with Gasteiger partial charge in [-0.15, -0.1) is 0 Å². The first-order valence-corrected chi connectivity index (χ1v) is 14.1. The highest BCUT2D eigenvalue weighted by molar-refractivity contribution is 9.10. The van der Waals surface area contributed by atoms with E-state index in [1.807, 2.05) is 44.2 Å². The second kappa shape index (κ2) is 12.8. The Kier molecular flexibility index (Phi) is 9.45. The van der Waals surface area contributed by atoms with Crippen molar-refractivity contribution in [3.8, 4) is 23.0 Å². The quantitative estimate of drug-likeness (QED) is 0.250. The standard InChI is InChI=1S/C31H36BrNO7/c1-7-8-11-40-31(35)27-17(2)33-22-13-19(18-9-10-24(36-3)25(15-18)37-4)14-23(34)29(22)28(27)20-12-21(32)30(39-6)26(16-20)38-5/h9-10,12,15-16,19,28,33H,7-8,11,13-14H2,1-6H3/t19-,28+/m1/s1. The molecule has 1 heterocycles. The van der Waals surface area contributed by atoms with Gasteiger partial charge in [-0.3, -0.25) is 4.79 Å². The number of Topliss-reactive ketones (excluding diaryl/α,β-unsaturated/α-hetero) is 1. The normalized spacial score (nSPS) is 18.6. The first kappa shape index (κ1) is 29.5. The van der Waals surface area contributed by atoms with Gasteiger partial charge in [0.1, 0.15) is 0 Å². The number of esters is 1. The highest BCUT2D eigenvalue weighted by atomic mass is 79.9. The van der Waals surface area contributed by atoms with Crippen LogP contribution in [0.5, 0.6) is 23.0 Å². The average Bonchev–Trinajstić information content (AvgIpc) is 2.95. The molecular weight excluding hydrogens is 578 g/mol. The highest BCUT2D eigenvalue weighted by Crippen LogP contribution is 2.49. The molecule has 40 heavy (non-hydrogen) atoms. The number of methoxy groups -OCH3 is 4. The molecule has 0 saturated carbocycles. The molecule has 0 bridgehead atoms.